The van der Waals surface area contributed by atoms with Crippen LogP contribution in [0.3, 0.4) is 0 Å². The molecule has 0 spiro atoms. The van der Waals surface area contributed by atoms with Crippen molar-refractivity contribution < 1.29 is 9.53 Å². The molecular formula is C23H22N6O2. The van der Waals surface area contributed by atoms with E-state index in [1.165, 1.54) is 6.92 Å². The van der Waals surface area contributed by atoms with Crippen LogP contribution in [0.25, 0.3) is 10.9 Å². The lowest BCUT2D eigenvalue weighted by Gasteiger charge is -2.11. The molecule has 0 unspecified atom stereocenters. The van der Waals surface area contributed by atoms with E-state index in [9.17, 15) is 4.79 Å². The van der Waals surface area contributed by atoms with Gasteiger partial charge >= 0.3 is 0 Å². The number of hydrogen-bond acceptors (Lipinski definition) is 7. The number of amides is 1. The van der Waals surface area contributed by atoms with Crippen molar-refractivity contribution in [3.63, 3.8) is 0 Å². The van der Waals surface area contributed by atoms with Gasteiger partial charge in [0.15, 0.2) is 0 Å². The van der Waals surface area contributed by atoms with Crippen molar-refractivity contribution in [3.8, 4) is 5.75 Å². The van der Waals surface area contributed by atoms with Crippen molar-refractivity contribution in [1.29, 1.82) is 0 Å². The second-order valence-corrected chi connectivity index (χ2v) is 7.01. The average Bonchev–Trinajstić information content (AvgIpc) is 2.75. The van der Waals surface area contributed by atoms with Gasteiger partial charge in [-0.2, -0.15) is 4.98 Å². The molecular weight excluding hydrogens is 392 g/mol. The molecule has 0 aliphatic carbocycles. The van der Waals surface area contributed by atoms with Crippen LogP contribution < -0.4 is 20.7 Å². The topological polar surface area (TPSA) is 101 Å². The Balaban J connectivity index is 1.51. The van der Waals surface area contributed by atoms with Gasteiger partial charge in [0.1, 0.15) is 11.6 Å². The van der Waals surface area contributed by atoms with Crippen LogP contribution in [0.2, 0.25) is 0 Å². The van der Waals surface area contributed by atoms with E-state index >= 15 is 0 Å². The molecule has 0 saturated heterocycles. The molecule has 1 amide bonds. The quantitative estimate of drug-likeness (QED) is 0.417. The first-order chi connectivity index (χ1) is 15.0. The molecule has 156 valence electrons. The summed E-state index contributed by atoms with van der Waals surface area (Å²) in [4.78, 5) is 24.5. The van der Waals surface area contributed by atoms with Crippen LogP contribution in [0.4, 0.5) is 28.8 Å². The molecule has 8 heteroatoms. The third kappa shape index (κ3) is 4.87. The number of carbonyl (C=O) groups excluding carboxylic acids is 1. The summed E-state index contributed by atoms with van der Waals surface area (Å²) in [6.07, 6.45) is 3.40. The summed E-state index contributed by atoms with van der Waals surface area (Å²) in [5.74, 6) is 1.77. The van der Waals surface area contributed by atoms with Crippen molar-refractivity contribution in [2.75, 3.05) is 23.1 Å². The molecule has 2 aromatic heterocycles. The van der Waals surface area contributed by atoms with Crippen molar-refractivity contribution >= 4 is 45.6 Å². The fraction of sp³-hybridized carbons (Fsp3) is 0.130. The van der Waals surface area contributed by atoms with Gasteiger partial charge in [0.2, 0.25) is 11.9 Å². The molecule has 0 atom stereocenters. The minimum Gasteiger partial charge on any atom is -0.496 e. The number of nitrogens with zero attached hydrogens (tertiary/aromatic N) is 3. The van der Waals surface area contributed by atoms with Crippen LogP contribution >= 0.6 is 0 Å². The average molecular weight is 414 g/mol. The lowest BCUT2D eigenvalue weighted by molar-refractivity contribution is -0.114. The maximum absolute atomic E-state index is 11.2. The molecule has 0 radical (unpaired) electrons. The Morgan fingerprint density at radius 2 is 1.77 bits per heavy atom. The Kier molecular flexibility index (Phi) is 5.61. The third-order valence-electron chi connectivity index (χ3n) is 4.60. The monoisotopic (exact) mass is 414 g/mol. The normalized spacial score (nSPS) is 10.5. The van der Waals surface area contributed by atoms with E-state index in [2.05, 4.69) is 30.9 Å². The maximum Gasteiger partial charge on any atom is 0.229 e. The van der Waals surface area contributed by atoms with Gasteiger partial charge in [0.05, 0.1) is 24.5 Å². The number of benzene rings is 2. The van der Waals surface area contributed by atoms with Crippen molar-refractivity contribution in [2.45, 2.75) is 13.8 Å². The van der Waals surface area contributed by atoms with Gasteiger partial charge in [-0.15, -0.1) is 0 Å². The fourth-order valence-corrected chi connectivity index (χ4v) is 3.13. The van der Waals surface area contributed by atoms with Gasteiger partial charge in [0, 0.05) is 35.9 Å². The maximum atomic E-state index is 11.2. The fourth-order valence-electron chi connectivity index (χ4n) is 3.13. The van der Waals surface area contributed by atoms with Gasteiger partial charge in [-0.25, -0.2) is 4.98 Å². The van der Waals surface area contributed by atoms with E-state index in [-0.39, 0.29) is 5.91 Å². The SMILES string of the molecule is COc1cc(Nc2nccc(Nc3cnc4cc(NC(C)=O)ccc4c3)n2)ccc1C. The molecule has 3 N–H and O–H groups in total. The Bertz CT molecular complexity index is 1260. The van der Waals surface area contributed by atoms with Crippen LogP contribution in [-0.4, -0.2) is 28.0 Å². The summed E-state index contributed by atoms with van der Waals surface area (Å²) in [7, 11) is 1.64. The second-order valence-electron chi connectivity index (χ2n) is 7.01. The van der Waals surface area contributed by atoms with Crippen LogP contribution in [0, 0.1) is 6.92 Å². The molecule has 2 aromatic carbocycles. The van der Waals surface area contributed by atoms with Gasteiger partial charge in [-0.05, 0) is 42.8 Å². The number of aromatic nitrogens is 3. The number of ether oxygens (including phenoxy) is 1. The van der Waals surface area contributed by atoms with Gasteiger partial charge < -0.3 is 20.7 Å². The number of nitrogens with one attached hydrogen (secondary N) is 3. The number of rotatable bonds is 6. The van der Waals surface area contributed by atoms with Crippen LogP contribution in [-0.2, 0) is 4.79 Å². The summed E-state index contributed by atoms with van der Waals surface area (Å²) in [6.45, 7) is 3.46. The molecule has 4 rings (SSSR count). The Hall–Kier alpha value is -4.20. The number of aryl methyl sites for hydroxylation is 1. The molecule has 31 heavy (non-hydrogen) atoms. The highest BCUT2D eigenvalue weighted by Gasteiger charge is 2.06. The predicted molar refractivity (Wildman–Crippen MR) is 122 cm³/mol. The van der Waals surface area contributed by atoms with Crippen LogP contribution in [0.5, 0.6) is 5.75 Å². The number of fused-ring (bicyclic) bond motifs is 1. The summed E-state index contributed by atoms with van der Waals surface area (Å²) >= 11 is 0. The minimum absolute atomic E-state index is 0.116. The van der Waals surface area contributed by atoms with Gasteiger partial charge in [-0.1, -0.05) is 12.1 Å². The first-order valence-electron chi connectivity index (χ1n) is 9.69. The van der Waals surface area contributed by atoms with Crippen molar-refractivity contribution in [2.24, 2.45) is 0 Å². The zero-order valence-corrected chi connectivity index (χ0v) is 17.4. The van der Waals surface area contributed by atoms with Gasteiger partial charge in [0.25, 0.3) is 0 Å². The first-order valence-corrected chi connectivity index (χ1v) is 9.69. The molecule has 0 aliphatic rings. The molecule has 2 heterocycles. The minimum atomic E-state index is -0.116. The smallest absolute Gasteiger partial charge is 0.229 e. The Morgan fingerprint density at radius 1 is 0.935 bits per heavy atom. The predicted octanol–water partition coefficient (Wildman–Crippen LogP) is 4.79. The van der Waals surface area contributed by atoms with E-state index in [1.54, 1.807) is 25.6 Å². The number of methoxy groups -OCH3 is 1. The van der Waals surface area contributed by atoms with Crippen molar-refractivity contribution in [3.05, 3.63) is 66.5 Å². The molecule has 0 saturated carbocycles. The standard InChI is InChI=1S/C23H22N6O2/c1-14-4-6-18(12-21(14)31-3)28-23-24-9-8-22(29-23)27-19-10-16-5-7-17(26-15(2)30)11-20(16)25-13-19/h4-13H,1-3H3,(H,26,30)(H2,24,27,28,29). The third-order valence-corrected chi connectivity index (χ3v) is 4.60. The van der Waals surface area contributed by atoms with E-state index in [0.717, 1.165) is 33.6 Å². The molecule has 0 aliphatic heterocycles. The first kappa shape index (κ1) is 20.1. The van der Waals surface area contributed by atoms with Crippen LogP contribution in [0.15, 0.2) is 60.9 Å². The Morgan fingerprint density at radius 3 is 2.58 bits per heavy atom. The summed E-state index contributed by atoms with van der Waals surface area (Å²) in [5, 5.41) is 10.1. The molecule has 8 nitrogen and oxygen atoms in total. The number of hydrogen-bond donors (Lipinski definition) is 3. The number of carbonyl (C=O) groups is 1. The summed E-state index contributed by atoms with van der Waals surface area (Å²) in [5.41, 5.74) is 4.18. The second kappa shape index (κ2) is 8.66. The molecule has 0 fully saturated rings. The van der Waals surface area contributed by atoms with E-state index < -0.39 is 0 Å². The zero-order valence-electron chi connectivity index (χ0n) is 17.4. The highest BCUT2D eigenvalue weighted by atomic mass is 16.5. The van der Waals surface area contributed by atoms with Crippen molar-refractivity contribution in [1.82, 2.24) is 15.0 Å². The summed E-state index contributed by atoms with van der Waals surface area (Å²) < 4.78 is 5.37. The molecule has 0 bridgehead atoms. The number of pyridine rings is 1. The Labute approximate surface area is 179 Å². The summed E-state index contributed by atoms with van der Waals surface area (Å²) in [6, 6.07) is 15.2. The lowest BCUT2D eigenvalue weighted by atomic mass is 10.2. The van der Waals surface area contributed by atoms with E-state index in [4.69, 9.17) is 4.74 Å². The lowest BCUT2D eigenvalue weighted by Crippen LogP contribution is -2.05. The highest BCUT2D eigenvalue weighted by molar-refractivity contribution is 5.92. The zero-order chi connectivity index (χ0) is 21.8. The molecule has 4 aromatic rings. The number of anilines is 5. The van der Waals surface area contributed by atoms with Crippen LogP contribution in [0.1, 0.15) is 12.5 Å². The highest BCUT2D eigenvalue weighted by Crippen LogP contribution is 2.25. The van der Waals surface area contributed by atoms with Gasteiger partial charge in [-0.3, -0.25) is 9.78 Å². The van der Waals surface area contributed by atoms with E-state index in [1.807, 2.05) is 49.4 Å². The largest absolute Gasteiger partial charge is 0.496 e. The van der Waals surface area contributed by atoms with E-state index in [0.29, 0.717) is 17.5 Å².